The van der Waals surface area contributed by atoms with Gasteiger partial charge in [-0.1, -0.05) is 11.6 Å². The SMILES string of the molecule is O=C(c1ncccc1-n1cnc(Cn2nc(-c3ccc(Cl)cc3)n(C[C@H](O)C(F)(F)F)c2=O)n1)N1CCC[C@H]1C(F)(F)F. The van der Waals surface area contributed by atoms with Crippen molar-refractivity contribution in [2.75, 3.05) is 6.54 Å². The zero-order valence-electron chi connectivity index (χ0n) is 21.8. The van der Waals surface area contributed by atoms with Crippen molar-refractivity contribution in [2.24, 2.45) is 0 Å². The largest absolute Gasteiger partial charge is 0.416 e. The fourth-order valence-electron chi connectivity index (χ4n) is 4.65. The molecule has 228 valence electrons. The second kappa shape index (κ2) is 11.4. The van der Waals surface area contributed by atoms with Gasteiger partial charge in [-0.25, -0.2) is 24.1 Å². The van der Waals surface area contributed by atoms with E-state index in [4.69, 9.17) is 11.6 Å². The van der Waals surface area contributed by atoms with Gasteiger partial charge in [0.25, 0.3) is 5.91 Å². The predicted molar refractivity (Wildman–Crippen MR) is 137 cm³/mol. The summed E-state index contributed by atoms with van der Waals surface area (Å²) >= 11 is 5.89. The first-order valence-corrected chi connectivity index (χ1v) is 13.0. The van der Waals surface area contributed by atoms with Crippen LogP contribution in [-0.4, -0.2) is 81.1 Å². The van der Waals surface area contributed by atoms with Gasteiger partial charge in [0.1, 0.15) is 18.9 Å². The van der Waals surface area contributed by atoms with E-state index in [1.165, 1.54) is 42.6 Å². The fourth-order valence-corrected chi connectivity index (χ4v) is 4.78. The lowest BCUT2D eigenvalue weighted by Crippen LogP contribution is -2.45. The molecule has 1 saturated heterocycles. The van der Waals surface area contributed by atoms with Crippen LogP contribution in [-0.2, 0) is 13.1 Å². The Morgan fingerprint density at radius 2 is 1.79 bits per heavy atom. The highest BCUT2D eigenvalue weighted by Crippen LogP contribution is 2.34. The summed E-state index contributed by atoms with van der Waals surface area (Å²) in [5.41, 5.74) is -1.05. The van der Waals surface area contributed by atoms with Crippen molar-refractivity contribution in [3.8, 4) is 17.1 Å². The Hall–Kier alpha value is -4.25. The summed E-state index contributed by atoms with van der Waals surface area (Å²) in [7, 11) is 0. The Balaban J connectivity index is 1.46. The average molecular weight is 631 g/mol. The minimum Gasteiger partial charge on any atom is -0.382 e. The number of nitrogens with zero attached hydrogens (tertiary/aromatic N) is 8. The van der Waals surface area contributed by atoms with Crippen LogP contribution in [0.3, 0.4) is 0 Å². The third kappa shape index (κ3) is 6.27. The normalized spacial score (nSPS) is 16.6. The smallest absolute Gasteiger partial charge is 0.382 e. The van der Waals surface area contributed by atoms with Gasteiger partial charge in [0.15, 0.2) is 23.4 Å². The first kappa shape index (κ1) is 30.2. The number of likely N-dealkylation sites (tertiary alicyclic amines) is 1. The molecule has 1 aliphatic rings. The molecule has 3 aromatic heterocycles. The third-order valence-corrected chi connectivity index (χ3v) is 6.97. The van der Waals surface area contributed by atoms with Gasteiger partial charge in [-0.2, -0.15) is 26.3 Å². The summed E-state index contributed by atoms with van der Waals surface area (Å²) in [4.78, 5) is 35.0. The molecule has 18 heteroatoms. The minimum absolute atomic E-state index is 0.0205. The van der Waals surface area contributed by atoms with Gasteiger partial charge in [0, 0.05) is 23.3 Å². The van der Waals surface area contributed by atoms with Gasteiger partial charge < -0.3 is 10.0 Å². The van der Waals surface area contributed by atoms with Crippen LogP contribution >= 0.6 is 11.6 Å². The number of benzene rings is 1. The fraction of sp³-hybridized carbons (Fsp3) is 0.360. The average Bonchev–Trinajstić information content (AvgIpc) is 3.69. The summed E-state index contributed by atoms with van der Waals surface area (Å²) in [5, 5.41) is 18.3. The van der Waals surface area contributed by atoms with Crippen molar-refractivity contribution in [3.05, 3.63) is 75.9 Å². The van der Waals surface area contributed by atoms with Crippen molar-refractivity contribution in [3.63, 3.8) is 0 Å². The molecule has 0 spiro atoms. The number of aliphatic hydroxyl groups excluding tert-OH is 1. The van der Waals surface area contributed by atoms with Gasteiger partial charge in [0.2, 0.25) is 0 Å². The van der Waals surface area contributed by atoms with E-state index in [9.17, 15) is 41.0 Å². The Bertz CT molecular complexity index is 1680. The molecule has 1 aliphatic heterocycles. The number of amides is 1. The number of carbonyl (C=O) groups is 1. The molecule has 0 aliphatic carbocycles. The molecule has 4 aromatic rings. The first-order valence-electron chi connectivity index (χ1n) is 12.7. The van der Waals surface area contributed by atoms with Crippen molar-refractivity contribution in [1.82, 2.24) is 39.0 Å². The molecule has 1 amide bonds. The lowest BCUT2D eigenvalue weighted by Gasteiger charge is -2.26. The highest BCUT2D eigenvalue weighted by Gasteiger charge is 2.48. The van der Waals surface area contributed by atoms with Crippen LogP contribution in [0.2, 0.25) is 5.02 Å². The molecule has 0 unspecified atom stereocenters. The van der Waals surface area contributed by atoms with Crippen LogP contribution in [0.4, 0.5) is 26.3 Å². The lowest BCUT2D eigenvalue weighted by atomic mass is 10.2. The Kier molecular flexibility index (Phi) is 8.04. The van der Waals surface area contributed by atoms with Gasteiger partial charge in [-0.15, -0.1) is 10.2 Å². The Morgan fingerprint density at radius 1 is 1.07 bits per heavy atom. The summed E-state index contributed by atoms with van der Waals surface area (Å²) in [5.74, 6) is -1.20. The van der Waals surface area contributed by atoms with Gasteiger partial charge in [0.05, 0.1) is 12.2 Å². The molecule has 1 N–H and O–H groups in total. The molecule has 2 atom stereocenters. The Labute approximate surface area is 243 Å². The van der Waals surface area contributed by atoms with E-state index >= 15 is 0 Å². The number of rotatable bonds is 7. The molecule has 0 bridgehead atoms. The zero-order valence-corrected chi connectivity index (χ0v) is 22.6. The topological polar surface area (TPSA) is 124 Å². The van der Waals surface area contributed by atoms with Crippen molar-refractivity contribution in [2.45, 2.75) is 50.4 Å². The number of aromatic nitrogens is 7. The summed E-state index contributed by atoms with van der Waals surface area (Å²) < 4.78 is 82.3. The van der Waals surface area contributed by atoms with E-state index in [0.717, 1.165) is 15.7 Å². The monoisotopic (exact) mass is 630 g/mol. The minimum atomic E-state index is -5.01. The second-order valence-corrected chi connectivity index (χ2v) is 10.0. The molecule has 1 fully saturated rings. The van der Waals surface area contributed by atoms with E-state index in [0.29, 0.717) is 14.5 Å². The molecule has 1 aromatic carbocycles. The van der Waals surface area contributed by atoms with E-state index in [1.807, 2.05) is 0 Å². The molecular weight excluding hydrogens is 610 g/mol. The maximum absolute atomic E-state index is 13.5. The van der Waals surface area contributed by atoms with Crippen LogP contribution in [0.1, 0.15) is 29.2 Å². The predicted octanol–water partition coefficient (Wildman–Crippen LogP) is 3.48. The maximum Gasteiger partial charge on any atom is 0.416 e. The quantitative estimate of drug-likeness (QED) is 0.310. The third-order valence-electron chi connectivity index (χ3n) is 6.72. The van der Waals surface area contributed by atoms with Crippen molar-refractivity contribution < 1.29 is 36.2 Å². The van der Waals surface area contributed by atoms with Gasteiger partial charge in [-0.05, 0) is 49.2 Å². The summed E-state index contributed by atoms with van der Waals surface area (Å²) in [6.45, 7) is -1.68. The maximum atomic E-state index is 13.5. The van der Waals surface area contributed by atoms with Crippen LogP contribution in [0.15, 0.2) is 53.7 Å². The lowest BCUT2D eigenvalue weighted by molar-refractivity contribution is -0.207. The highest BCUT2D eigenvalue weighted by molar-refractivity contribution is 6.30. The molecular formula is C25H21ClF6N8O3. The number of hydrogen-bond acceptors (Lipinski definition) is 7. The summed E-state index contributed by atoms with van der Waals surface area (Å²) in [6.07, 6.45) is -10.2. The van der Waals surface area contributed by atoms with E-state index in [1.54, 1.807) is 0 Å². The van der Waals surface area contributed by atoms with E-state index < -0.39 is 49.2 Å². The summed E-state index contributed by atoms with van der Waals surface area (Å²) in [6, 6.07) is 6.64. The molecule has 4 heterocycles. The standard InChI is InChI=1S/C25H21ClF6N8O3/c26-15-7-5-14(6-8-15)21-36-39(23(43)38(21)11-18(41)25(30,31)32)12-19-34-13-40(35-19)16-3-1-9-33-20(16)22(42)37-10-2-4-17(37)24(27,28)29/h1,3,5-9,13,17-18,41H,2,4,10-12H2/t17-,18-/m0/s1. The number of pyridine rings is 1. The molecule has 11 nitrogen and oxygen atoms in total. The number of halogens is 7. The first-order chi connectivity index (χ1) is 20.2. The zero-order chi connectivity index (χ0) is 31.1. The Morgan fingerprint density at radius 3 is 2.47 bits per heavy atom. The number of carbonyl (C=O) groups excluding carboxylic acids is 1. The van der Waals surface area contributed by atoms with E-state index in [2.05, 4.69) is 20.2 Å². The number of hydrogen-bond donors (Lipinski definition) is 1. The van der Waals surface area contributed by atoms with Crippen LogP contribution in [0, 0.1) is 0 Å². The van der Waals surface area contributed by atoms with Crippen LogP contribution in [0.5, 0.6) is 0 Å². The van der Waals surface area contributed by atoms with Crippen molar-refractivity contribution >= 4 is 17.5 Å². The molecule has 43 heavy (non-hydrogen) atoms. The van der Waals surface area contributed by atoms with Gasteiger partial charge in [-0.3, -0.25) is 9.36 Å². The van der Waals surface area contributed by atoms with Crippen LogP contribution < -0.4 is 5.69 Å². The molecule has 5 rings (SSSR count). The molecule has 0 saturated carbocycles. The van der Waals surface area contributed by atoms with Gasteiger partial charge >= 0.3 is 18.0 Å². The van der Waals surface area contributed by atoms with E-state index in [-0.39, 0.29) is 48.0 Å². The highest BCUT2D eigenvalue weighted by atomic mass is 35.5. The number of aliphatic hydroxyl groups is 1. The van der Waals surface area contributed by atoms with Crippen molar-refractivity contribution in [1.29, 1.82) is 0 Å². The van der Waals surface area contributed by atoms with Crippen LogP contribution in [0.25, 0.3) is 17.1 Å². The molecule has 0 radical (unpaired) electrons. The number of alkyl halides is 6. The second-order valence-electron chi connectivity index (χ2n) is 9.61.